The maximum absolute atomic E-state index is 12.7. The Labute approximate surface area is 244 Å². The number of carbonyl (C=O) groups is 2. The molecule has 0 unspecified atom stereocenters. The smallest absolute Gasteiger partial charge is 0.490 e. The largest absolute Gasteiger partial charge is 0.508 e. The van der Waals surface area contributed by atoms with Crippen LogP contribution in [0.3, 0.4) is 0 Å². The number of halogens is 4. The number of carbonyl (C=O) groups excluding carboxylic acids is 2. The van der Waals surface area contributed by atoms with Gasteiger partial charge in [-0.3, -0.25) is 0 Å². The molecule has 2 aromatic rings. The van der Waals surface area contributed by atoms with Crippen LogP contribution < -0.4 is 14.8 Å². The molecule has 10 nitrogen and oxygen atoms in total. The molecule has 2 fully saturated rings. The van der Waals surface area contributed by atoms with Crippen LogP contribution in [0.25, 0.3) is 0 Å². The number of anilines is 1. The minimum absolute atomic E-state index is 0.0609. The zero-order chi connectivity index (χ0) is 30.1. The van der Waals surface area contributed by atoms with Gasteiger partial charge in [0.05, 0.1) is 12.2 Å². The number of hydrogen-bond acceptors (Lipinski definition) is 8. The van der Waals surface area contributed by atoms with E-state index in [0.29, 0.717) is 11.6 Å². The molecule has 0 aliphatic carbocycles. The molecule has 1 spiro atoms. The number of ether oxygens (including phenoxy) is 3. The number of piperidine rings is 1. The van der Waals surface area contributed by atoms with E-state index in [0.717, 1.165) is 43.7 Å². The van der Waals surface area contributed by atoms with Crippen LogP contribution in [0, 0.1) is 0 Å². The van der Waals surface area contributed by atoms with Crippen LogP contribution in [0.4, 0.5) is 23.7 Å². The second-order valence-electron chi connectivity index (χ2n) is 10.8. The summed E-state index contributed by atoms with van der Waals surface area (Å²) >= 11 is 6.12. The summed E-state index contributed by atoms with van der Waals surface area (Å²) in [7, 11) is 0. The van der Waals surface area contributed by atoms with Gasteiger partial charge >= 0.3 is 18.2 Å². The number of phenols is 1. The minimum atomic E-state index is -5.11. The number of nitrogens with one attached hydrogen (secondary N) is 1. The molecule has 3 aliphatic heterocycles. The van der Waals surface area contributed by atoms with Crippen molar-refractivity contribution in [1.29, 1.82) is 0 Å². The van der Waals surface area contributed by atoms with Gasteiger partial charge in [0.2, 0.25) is 0 Å². The number of rotatable bonds is 7. The molecule has 2 atom stereocenters. The highest BCUT2D eigenvalue weighted by atomic mass is 35.5. The number of esters is 1. The molecule has 0 saturated carbocycles. The molecule has 0 aromatic heterocycles. The molecule has 3 aliphatic rings. The van der Waals surface area contributed by atoms with Crippen LogP contribution in [0.5, 0.6) is 17.2 Å². The summed E-state index contributed by atoms with van der Waals surface area (Å²) in [5.74, 6) is -1.45. The number of alkyl halides is 3. The highest BCUT2D eigenvalue weighted by molar-refractivity contribution is 6.30. The van der Waals surface area contributed by atoms with Gasteiger partial charge < -0.3 is 39.5 Å². The molecule has 3 N–H and O–H groups in total. The van der Waals surface area contributed by atoms with Crippen molar-refractivity contribution in [2.45, 2.75) is 49.7 Å². The Kier molecular flexibility index (Phi) is 8.63. The highest BCUT2D eigenvalue weighted by Crippen LogP contribution is 2.42. The first-order chi connectivity index (χ1) is 19.9. The lowest BCUT2D eigenvalue weighted by Crippen LogP contribution is -2.49. The molecule has 2 aromatic carbocycles. The zero-order valence-electron chi connectivity index (χ0n) is 22.5. The van der Waals surface area contributed by atoms with Gasteiger partial charge in [-0.15, -0.1) is 0 Å². The summed E-state index contributed by atoms with van der Waals surface area (Å²) in [5.41, 5.74) is 1.03. The van der Waals surface area contributed by atoms with Crippen LogP contribution in [0.2, 0.25) is 5.02 Å². The fourth-order valence-electron chi connectivity index (χ4n) is 5.52. The van der Waals surface area contributed by atoms with E-state index >= 15 is 0 Å². The third-order valence-corrected chi connectivity index (χ3v) is 7.91. The molecular weight excluding hydrogens is 583 g/mol. The Hall–Kier alpha value is -3.42. The zero-order valence-corrected chi connectivity index (χ0v) is 23.3. The Morgan fingerprint density at radius 3 is 2.67 bits per heavy atom. The number of aromatic hydroxyl groups is 1. The summed E-state index contributed by atoms with van der Waals surface area (Å²) in [6, 6.07) is 9.03. The predicted octanol–water partition coefficient (Wildman–Crippen LogP) is 3.97. The molecule has 0 radical (unpaired) electrons. The number of aliphatic hydroxyl groups is 1. The Morgan fingerprint density at radius 2 is 1.93 bits per heavy atom. The van der Waals surface area contributed by atoms with E-state index in [-0.39, 0.29) is 48.9 Å². The number of aliphatic hydroxyl groups excluding tert-OH is 1. The lowest BCUT2D eigenvalue weighted by atomic mass is 9.87. The van der Waals surface area contributed by atoms with Crippen molar-refractivity contribution >= 4 is 29.3 Å². The monoisotopic (exact) mass is 613 g/mol. The number of urea groups is 1. The molecule has 14 heteroatoms. The van der Waals surface area contributed by atoms with Gasteiger partial charge in [0.15, 0.2) is 0 Å². The molecule has 2 amide bonds. The number of likely N-dealkylation sites (tertiary alicyclic amines) is 2. The Morgan fingerprint density at radius 1 is 1.17 bits per heavy atom. The maximum Gasteiger partial charge on any atom is 0.490 e. The van der Waals surface area contributed by atoms with Crippen LogP contribution in [0.1, 0.15) is 24.8 Å². The molecule has 3 heterocycles. The number of fused-ring (bicyclic) bond motifs is 1. The van der Waals surface area contributed by atoms with E-state index in [1.165, 1.54) is 23.1 Å². The van der Waals surface area contributed by atoms with Crippen molar-refractivity contribution in [1.82, 2.24) is 9.80 Å². The lowest BCUT2D eigenvalue weighted by molar-refractivity contribution is -0.204. The Balaban J connectivity index is 1.09. The van der Waals surface area contributed by atoms with Gasteiger partial charge in [-0.2, -0.15) is 13.2 Å². The number of hydrogen-bond donors (Lipinski definition) is 3. The SMILES string of the molecule is O=C(Nc1ccc(O)cc1OC[C@H](O)CN1CCC2(CC1)Cc1cc(Cl)ccc1O2)N1CC[C@H](OC(=O)C(F)(F)F)C1. The molecule has 0 bridgehead atoms. The minimum Gasteiger partial charge on any atom is -0.508 e. The normalized spacial score (nSPS) is 20.6. The summed E-state index contributed by atoms with van der Waals surface area (Å²) in [6.07, 6.45) is -4.61. The molecule has 228 valence electrons. The van der Waals surface area contributed by atoms with Crippen LogP contribution in [-0.4, -0.2) is 95.3 Å². The van der Waals surface area contributed by atoms with Gasteiger partial charge in [-0.25, -0.2) is 9.59 Å². The van der Waals surface area contributed by atoms with Crippen molar-refractivity contribution in [3.63, 3.8) is 0 Å². The third kappa shape index (κ3) is 7.13. The fraction of sp³-hybridized carbons (Fsp3) is 0.500. The first-order valence-corrected chi connectivity index (χ1v) is 13.9. The maximum atomic E-state index is 12.7. The quantitative estimate of drug-likeness (QED) is 0.317. The summed E-state index contributed by atoms with van der Waals surface area (Å²) in [6.45, 7) is 1.55. The standard InChI is InChI=1S/C28H31ClF3N3O7/c29-18-1-4-23-17(11-18)13-27(42-23)6-9-34(10-7-27)14-20(37)16-40-24-12-19(36)2-3-22(24)33-26(39)35-8-5-21(15-35)41-25(38)28(30,31)32/h1-4,11-12,20-21,36-37H,5-10,13-16H2,(H,33,39)/t20-,21+/m1/s1. The summed E-state index contributed by atoms with van der Waals surface area (Å²) in [4.78, 5) is 27.2. The first kappa shape index (κ1) is 30.1. The van der Waals surface area contributed by atoms with Gasteiger partial charge in [0.25, 0.3) is 0 Å². The average molecular weight is 614 g/mol. The van der Waals surface area contributed by atoms with E-state index in [1.54, 1.807) is 0 Å². The van der Waals surface area contributed by atoms with E-state index in [9.17, 15) is 33.0 Å². The van der Waals surface area contributed by atoms with Crippen molar-refractivity contribution < 1.29 is 47.2 Å². The number of nitrogens with zero attached hydrogens (tertiary/aromatic N) is 2. The second kappa shape index (κ2) is 12.1. The molecular formula is C28H31ClF3N3O7. The van der Waals surface area contributed by atoms with Gasteiger partial charge in [-0.05, 0) is 35.9 Å². The topological polar surface area (TPSA) is 121 Å². The van der Waals surface area contributed by atoms with E-state index < -0.39 is 30.4 Å². The highest BCUT2D eigenvalue weighted by Gasteiger charge is 2.44. The fourth-order valence-corrected chi connectivity index (χ4v) is 5.71. The van der Waals surface area contributed by atoms with Gasteiger partial charge in [0.1, 0.15) is 41.7 Å². The van der Waals surface area contributed by atoms with Crippen LogP contribution in [0.15, 0.2) is 36.4 Å². The molecule has 2 saturated heterocycles. The van der Waals surface area contributed by atoms with Crippen molar-refractivity contribution in [3.05, 3.63) is 47.0 Å². The number of amides is 2. The summed E-state index contributed by atoms with van der Waals surface area (Å²) in [5, 5.41) is 23.9. The predicted molar refractivity (Wildman–Crippen MR) is 145 cm³/mol. The molecule has 42 heavy (non-hydrogen) atoms. The number of phenolic OH excluding ortho intramolecular Hbond substituents is 1. The van der Waals surface area contributed by atoms with E-state index in [2.05, 4.69) is 15.0 Å². The van der Waals surface area contributed by atoms with Crippen molar-refractivity contribution in [2.24, 2.45) is 0 Å². The average Bonchev–Trinajstić information content (AvgIpc) is 3.54. The second-order valence-corrected chi connectivity index (χ2v) is 11.3. The number of β-amino-alcohol motifs (C(OH)–C–C–N with tert-alkyl or cyclic N) is 1. The van der Waals surface area contributed by atoms with Crippen molar-refractivity contribution in [2.75, 3.05) is 44.6 Å². The molecule has 5 rings (SSSR count). The van der Waals surface area contributed by atoms with Gasteiger partial charge in [-0.1, -0.05) is 11.6 Å². The lowest BCUT2D eigenvalue weighted by Gasteiger charge is -2.39. The summed E-state index contributed by atoms with van der Waals surface area (Å²) < 4.78 is 53.9. The van der Waals surface area contributed by atoms with E-state index in [1.807, 2.05) is 18.2 Å². The van der Waals surface area contributed by atoms with Crippen LogP contribution >= 0.6 is 11.6 Å². The van der Waals surface area contributed by atoms with Crippen LogP contribution in [-0.2, 0) is 16.0 Å². The number of benzene rings is 2. The van der Waals surface area contributed by atoms with E-state index in [4.69, 9.17) is 21.1 Å². The third-order valence-electron chi connectivity index (χ3n) is 7.67. The van der Waals surface area contributed by atoms with Gasteiger partial charge in [0, 0.05) is 63.0 Å². The Bertz CT molecular complexity index is 1320. The first-order valence-electron chi connectivity index (χ1n) is 13.6. The van der Waals surface area contributed by atoms with Crippen molar-refractivity contribution in [3.8, 4) is 17.2 Å².